The number of aromatic nitrogens is 1. The molecule has 3 saturated heterocycles. The van der Waals surface area contributed by atoms with Crippen LogP contribution in [0.1, 0.15) is 106 Å². The average molecular weight is 631 g/mol. The molecule has 9 aliphatic rings. The topological polar surface area (TPSA) is 41.0 Å². The largest absolute Gasteiger partial charge is 0.469 e. The number of para-hydroxylation sites is 1. The first-order chi connectivity index (χ1) is 22.9. The van der Waals surface area contributed by atoms with E-state index in [9.17, 15) is 4.79 Å². The summed E-state index contributed by atoms with van der Waals surface area (Å²) < 4.78 is 8.51. The van der Waals surface area contributed by atoms with Gasteiger partial charge >= 0.3 is 5.97 Å². The lowest BCUT2D eigenvalue weighted by molar-refractivity contribution is -0.174. The van der Waals surface area contributed by atoms with Crippen molar-refractivity contribution in [1.82, 2.24) is 14.4 Å². The molecule has 6 fully saturated rings. The van der Waals surface area contributed by atoms with E-state index in [1.54, 1.807) is 23.9 Å². The van der Waals surface area contributed by atoms with Crippen LogP contribution in [0.15, 0.2) is 42.5 Å². The molecule has 7 heterocycles. The summed E-state index contributed by atoms with van der Waals surface area (Å²) in [6, 6.07) is 18.4. The van der Waals surface area contributed by atoms with E-state index in [0.29, 0.717) is 23.5 Å². The lowest BCUT2D eigenvalue weighted by Crippen LogP contribution is -2.78. The molecular formula is C41H50N4O2. The number of carbonyl (C=O) groups excluding carboxylic acids is 1. The number of ether oxygens (including phenoxy) is 1. The number of nitrogens with zero attached hydrogens (tertiary/aromatic N) is 4. The Morgan fingerprint density at radius 1 is 0.936 bits per heavy atom. The van der Waals surface area contributed by atoms with Crippen molar-refractivity contribution >= 4 is 22.6 Å². The van der Waals surface area contributed by atoms with Gasteiger partial charge in [-0.2, -0.15) is 0 Å². The van der Waals surface area contributed by atoms with E-state index < -0.39 is 0 Å². The van der Waals surface area contributed by atoms with Gasteiger partial charge in [-0.05, 0) is 130 Å². The summed E-state index contributed by atoms with van der Waals surface area (Å²) in [5.41, 5.74) is 9.46. The zero-order chi connectivity index (χ0) is 31.5. The highest BCUT2D eigenvalue weighted by atomic mass is 16.5. The normalized spacial score (nSPS) is 41.0. The molecule has 47 heavy (non-hydrogen) atoms. The van der Waals surface area contributed by atoms with Gasteiger partial charge in [0, 0.05) is 47.3 Å². The molecule has 1 unspecified atom stereocenters. The zero-order valence-corrected chi connectivity index (χ0v) is 28.6. The van der Waals surface area contributed by atoms with Gasteiger partial charge in [-0.15, -0.1) is 0 Å². The Hall–Kier alpha value is -2.83. The number of anilines is 1. The van der Waals surface area contributed by atoms with E-state index in [1.165, 1.54) is 93.2 Å². The van der Waals surface area contributed by atoms with Crippen LogP contribution in [0.25, 0.3) is 10.9 Å². The lowest BCUT2D eigenvalue weighted by Gasteiger charge is -2.70. The molecule has 6 heteroatoms. The van der Waals surface area contributed by atoms with Crippen LogP contribution in [0, 0.1) is 16.7 Å². The number of benzene rings is 2. The van der Waals surface area contributed by atoms with Crippen molar-refractivity contribution in [2.45, 2.75) is 107 Å². The van der Waals surface area contributed by atoms with Crippen molar-refractivity contribution in [3.63, 3.8) is 0 Å². The van der Waals surface area contributed by atoms with Crippen molar-refractivity contribution in [3.8, 4) is 0 Å². The number of carbonyl (C=O) groups is 1. The van der Waals surface area contributed by atoms with E-state index >= 15 is 0 Å². The van der Waals surface area contributed by atoms with Crippen LogP contribution >= 0.6 is 0 Å². The summed E-state index contributed by atoms with van der Waals surface area (Å²) in [5, 5.41) is 1.49. The number of rotatable bonds is 3. The monoisotopic (exact) mass is 630 g/mol. The summed E-state index contributed by atoms with van der Waals surface area (Å²) in [7, 11) is 3.95. The summed E-state index contributed by atoms with van der Waals surface area (Å²) in [6.45, 7) is 7.31. The first-order valence-electron chi connectivity index (χ1n) is 19.0. The second-order valence-electron chi connectivity index (χ2n) is 17.1. The fourth-order valence-corrected chi connectivity index (χ4v) is 14.8. The van der Waals surface area contributed by atoms with Crippen molar-refractivity contribution < 1.29 is 9.53 Å². The van der Waals surface area contributed by atoms with Crippen molar-refractivity contribution in [1.29, 1.82) is 0 Å². The predicted molar refractivity (Wildman–Crippen MR) is 185 cm³/mol. The van der Waals surface area contributed by atoms with Gasteiger partial charge in [0.15, 0.2) is 0 Å². The Bertz CT molecular complexity index is 1860. The Kier molecular flexibility index (Phi) is 5.39. The lowest BCUT2D eigenvalue weighted by atomic mass is 9.38. The number of piperidine rings is 2. The Labute approximate surface area is 279 Å². The van der Waals surface area contributed by atoms with E-state index in [-0.39, 0.29) is 28.3 Å². The predicted octanol–water partition coefficient (Wildman–Crippen LogP) is 6.99. The van der Waals surface area contributed by atoms with Crippen LogP contribution in [-0.2, 0) is 21.4 Å². The van der Waals surface area contributed by atoms with Gasteiger partial charge in [-0.25, -0.2) is 0 Å². The molecule has 3 saturated carbocycles. The Morgan fingerprint density at radius 2 is 1.79 bits per heavy atom. The molecule has 2 bridgehead atoms. The van der Waals surface area contributed by atoms with Crippen LogP contribution in [0.2, 0.25) is 0 Å². The molecule has 246 valence electrons. The van der Waals surface area contributed by atoms with Crippen LogP contribution < -0.4 is 4.90 Å². The van der Waals surface area contributed by atoms with Gasteiger partial charge in [0.1, 0.15) is 0 Å². The summed E-state index contributed by atoms with van der Waals surface area (Å²) >= 11 is 0. The van der Waals surface area contributed by atoms with E-state index in [0.717, 1.165) is 25.8 Å². The number of hydrogen-bond donors (Lipinski definition) is 0. The molecule has 3 aromatic rings. The minimum atomic E-state index is -0.203. The summed E-state index contributed by atoms with van der Waals surface area (Å²) in [6.07, 6.45) is 13.3. The van der Waals surface area contributed by atoms with Gasteiger partial charge in [0.25, 0.3) is 0 Å². The number of methoxy groups -OCH3 is 1. The van der Waals surface area contributed by atoms with Crippen LogP contribution in [0.4, 0.5) is 5.69 Å². The van der Waals surface area contributed by atoms with Gasteiger partial charge < -0.3 is 14.2 Å². The average Bonchev–Trinajstić information content (AvgIpc) is 3.75. The number of fused-ring (bicyclic) bond motifs is 6. The highest BCUT2D eigenvalue weighted by Gasteiger charge is 2.80. The summed E-state index contributed by atoms with van der Waals surface area (Å²) in [4.78, 5) is 22.2. The minimum absolute atomic E-state index is 0.0255. The highest BCUT2D eigenvalue weighted by molar-refractivity contribution is 5.87. The molecule has 12 rings (SSSR count). The standard InChI is InChI=1S/C41H50N4O2/c1-4-38-14-7-19-43-21-13-28-27-9-5-6-10-31(27)45(34(28)35(38)43)33(25-38)26-11-12-32-29(23-26)40-18-22-44-20-8-15-39(37(40)44)16-17-41(40,42(32)2)30(24-39)36(46)47-3/h5-6,9-12,23,30,33,35,37H,4,7-8,13-22,24-25H2,1-3H3/t30-,33-,35?,37-,38+,39-,40+,41-/m0/s1. The Morgan fingerprint density at radius 3 is 2.66 bits per heavy atom. The molecule has 2 aromatic carbocycles. The molecule has 3 aliphatic carbocycles. The van der Waals surface area contributed by atoms with Crippen LogP contribution in [0.3, 0.4) is 0 Å². The third kappa shape index (κ3) is 2.96. The zero-order valence-electron chi connectivity index (χ0n) is 28.6. The van der Waals surface area contributed by atoms with Crippen molar-refractivity contribution in [3.05, 3.63) is 64.8 Å². The molecule has 0 amide bonds. The van der Waals surface area contributed by atoms with Crippen molar-refractivity contribution in [2.24, 2.45) is 16.7 Å². The summed E-state index contributed by atoms with van der Waals surface area (Å²) in [5.74, 6) is -0.0369. The first kappa shape index (κ1) is 28.1. The molecule has 1 aromatic heterocycles. The molecular weight excluding hydrogens is 580 g/mol. The fraction of sp³-hybridized carbons (Fsp3) is 0.634. The second-order valence-corrected chi connectivity index (χ2v) is 17.1. The SMILES string of the molecule is CC[C@@]12CCCN3CCc4c(n(c5ccccc45)[C@H](c4ccc5c(c4)[C@@]46CCN7CCC[C@@]8(CC[C@@]4([C@H](C(=O)OC)C8)N5C)[C@H]76)C1)C32. The molecule has 8 atom stereocenters. The number of likely N-dealkylation sites (N-methyl/N-ethyl adjacent to an activating group) is 1. The third-order valence-corrected chi connectivity index (χ3v) is 16.3. The van der Waals surface area contributed by atoms with Gasteiger partial charge in [0.2, 0.25) is 0 Å². The van der Waals surface area contributed by atoms with Gasteiger partial charge in [0.05, 0.1) is 30.7 Å². The molecule has 3 spiro atoms. The number of esters is 1. The number of hydrogen-bond acceptors (Lipinski definition) is 5. The molecule has 0 radical (unpaired) electrons. The smallest absolute Gasteiger partial charge is 0.311 e. The third-order valence-electron chi connectivity index (χ3n) is 16.3. The molecule has 0 N–H and O–H groups in total. The van der Waals surface area contributed by atoms with E-state index in [4.69, 9.17) is 4.74 Å². The molecule has 6 aliphatic heterocycles. The van der Waals surface area contributed by atoms with Gasteiger partial charge in [-0.3, -0.25) is 14.6 Å². The highest BCUT2D eigenvalue weighted by Crippen LogP contribution is 2.76. The second kappa shape index (κ2) is 9.04. The van der Waals surface area contributed by atoms with E-state index in [2.05, 4.69) is 75.7 Å². The quantitative estimate of drug-likeness (QED) is 0.292. The Balaban J connectivity index is 1.15. The maximum absolute atomic E-state index is 13.9. The fourth-order valence-electron chi connectivity index (χ4n) is 14.8. The van der Waals surface area contributed by atoms with Crippen LogP contribution in [0.5, 0.6) is 0 Å². The van der Waals surface area contributed by atoms with Crippen molar-refractivity contribution in [2.75, 3.05) is 45.2 Å². The van der Waals surface area contributed by atoms with Crippen LogP contribution in [-0.4, -0.2) is 72.3 Å². The maximum Gasteiger partial charge on any atom is 0.311 e. The van der Waals surface area contributed by atoms with Gasteiger partial charge in [-0.1, -0.05) is 37.3 Å². The van der Waals surface area contributed by atoms with E-state index in [1.807, 2.05) is 0 Å². The molecule has 6 nitrogen and oxygen atoms in total. The first-order valence-corrected chi connectivity index (χ1v) is 19.0. The maximum atomic E-state index is 13.9. The minimum Gasteiger partial charge on any atom is -0.469 e.